The fourth-order valence-corrected chi connectivity index (χ4v) is 4.69. The van der Waals surface area contributed by atoms with E-state index in [0.29, 0.717) is 5.56 Å². The molecular weight excluding hydrogens is 460 g/mol. The number of nitro benzene ring substituents is 1. The van der Waals surface area contributed by atoms with Crippen LogP contribution in [0.15, 0.2) is 23.0 Å². The van der Waals surface area contributed by atoms with Gasteiger partial charge in [0.15, 0.2) is 11.4 Å². The highest BCUT2D eigenvalue weighted by molar-refractivity contribution is 5.96. The van der Waals surface area contributed by atoms with E-state index in [2.05, 4.69) is 14.5 Å². The molecule has 3 aliphatic rings. The molecule has 0 aliphatic carbocycles. The van der Waals surface area contributed by atoms with E-state index in [-0.39, 0.29) is 53.0 Å². The Kier molecular flexibility index (Phi) is 3.77. The number of pyridine rings is 2. The summed E-state index contributed by atoms with van der Waals surface area (Å²) in [5.74, 6) is -2.13. The van der Waals surface area contributed by atoms with Gasteiger partial charge in [0.25, 0.3) is 11.3 Å². The average molecular weight is 473 g/mol. The highest BCUT2D eigenvalue weighted by atomic mass is 19.3. The van der Waals surface area contributed by atoms with E-state index in [9.17, 15) is 33.6 Å². The molecule has 1 unspecified atom stereocenters. The van der Waals surface area contributed by atoms with Gasteiger partial charge in [-0.05, 0) is 18.6 Å². The van der Waals surface area contributed by atoms with Crippen molar-refractivity contribution in [2.24, 2.45) is 0 Å². The van der Waals surface area contributed by atoms with Crippen molar-refractivity contribution in [2.45, 2.75) is 38.4 Å². The Labute approximate surface area is 187 Å². The minimum atomic E-state index is -4.06. The van der Waals surface area contributed by atoms with Crippen molar-refractivity contribution in [3.8, 4) is 22.9 Å². The number of aliphatic hydroxyl groups is 1. The topological polar surface area (TPSA) is 143 Å². The van der Waals surface area contributed by atoms with Gasteiger partial charge < -0.3 is 23.9 Å². The number of fused-ring (bicyclic) bond motifs is 6. The van der Waals surface area contributed by atoms with Gasteiger partial charge in [-0.3, -0.25) is 14.9 Å². The van der Waals surface area contributed by atoms with Crippen LogP contribution >= 0.6 is 0 Å². The van der Waals surface area contributed by atoms with Crippen LogP contribution in [0.2, 0.25) is 0 Å². The second kappa shape index (κ2) is 6.26. The van der Waals surface area contributed by atoms with Crippen LogP contribution in [-0.4, -0.2) is 31.8 Å². The van der Waals surface area contributed by atoms with Gasteiger partial charge in [-0.2, -0.15) is 0 Å². The molecule has 34 heavy (non-hydrogen) atoms. The first-order valence-corrected chi connectivity index (χ1v) is 10.1. The highest BCUT2D eigenvalue weighted by Crippen LogP contribution is 2.51. The monoisotopic (exact) mass is 473 g/mol. The second-order valence-electron chi connectivity index (χ2n) is 8.14. The molecule has 13 heteroatoms. The minimum Gasteiger partial charge on any atom is -0.458 e. The smallest absolute Gasteiger partial charge is 0.458 e. The molecule has 0 radical (unpaired) electrons. The standard InChI is InChI=1S/C21H13F2N3O8/c1-2-20(29)11-4-13-15-8(6-25(13)18(27)10(11)7-32-19(20)28)3-9-12(24-15)5-14-17(16(9)26(30)31)34-21(22,23)33-14/h3-5,29H,2,6-7H2,1H3. The SMILES string of the molecule is CCC1(O)C(=O)OCc2c1cc1n(c2=O)Cc2cc3c([N+](=O)[O-])c4c(cc3nc2-1)OC(F)(F)O4. The molecule has 1 N–H and O–H groups in total. The first-order chi connectivity index (χ1) is 16.0. The average Bonchev–Trinajstić information content (AvgIpc) is 3.28. The molecule has 0 saturated carbocycles. The number of carbonyl (C=O) groups is 1. The second-order valence-corrected chi connectivity index (χ2v) is 8.14. The molecule has 0 bridgehead atoms. The van der Waals surface area contributed by atoms with Crippen LogP contribution < -0.4 is 15.0 Å². The van der Waals surface area contributed by atoms with Gasteiger partial charge in [-0.25, -0.2) is 9.78 Å². The maximum absolute atomic E-state index is 13.6. The van der Waals surface area contributed by atoms with Crippen molar-refractivity contribution in [3.05, 3.63) is 55.4 Å². The molecule has 174 valence electrons. The molecule has 11 nitrogen and oxygen atoms in total. The Balaban J connectivity index is 1.62. The van der Waals surface area contributed by atoms with Crippen molar-refractivity contribution in [1.29, 1.82) is 0 Å². The Morgan fingerprint density at radius 1 is 1.26 bits per heavy atom. The van der Waals surface area contributed by atoms with Crippen molar-refractivity contribution < 1.29 is 37.8 Å². The number of halogens is 2. The summed E-state index contributed by atoms with van der Waals surface area (Å²) in [5, 5.41) is 22.6. The summed E-state index contributed by atoms with van der Waals surface area (Å²) in [4.78, 5) is 40.7. The van der Waals surface area contributed by atoms with Crippen molar-refractivity contribution >= 4 is 22.6 Å². The molecule has 0 spiro atoms. The number of nitro groups is 1. The van der Waals surface area contributed by atoms with Crippen LogP contribution in [0.25, 0.3) is 22.3 Å². The maximum atomic E-state index is 13.6. The van der Waals surface area contributed by atoms with Gasteiger partial charge >= 0.3 is 18.0 Å². The molecule has 6 rings (SSSR count). The summed E-state index contributed by atoms with van der Waals surface area (Å²) in [6.45, 7) is 1.25. The lowest BCUT2D eigenvalue weighted by Crippen LogP contribution is -2.44. The fraction of sp³-hybridized carbons (Fsp3) is 0.286. The predicted molar refractivity (Wildman–Crippen MR) is 107 cm³/mol. The number of ether oxygens (including phenoxy) is 3. The largest absolute Gasteiger partial charge is 0.586 e. The fourth-order valence-electron chi connectivity index (χ4n) is 4.69. The summed E-state index contributed by atoms with van der Waals surface area (Å²) >= 11 is 0. The number of benzene rings is 1. The molecular formula is C21H13F2N3O8. The van der Waals surface area contributed by atoms with Crippen LogP contribution in [-0.2, 0) is 28.3 Å². The van der Waals surface area contributed by atoms with Crippen molar-refractivity contribution in [1.82, 2.24) is 9.55 Å². The number of carbonyl (C=O) groups excluding carboxylic acids is 1. The number of hydrogen-bond donors (Lipinski definition) is 1. The van der Waals surface area contributed by atoms with Gasteiger partial charge in [-0.15, -0.1) is 8.78 Å². The lowest BCUT2D eigenvalue weighted by Gasteiger charge is -2.31. The number of cyclic esters (lactones) is 1. The van der Waals surface area contributed by atoms with Gasteiger partial charge in [0, 0.05) is 17.2 Å². The summed E-state index contributed by atoms with van der Waals surface area (Å²) < 4.78 is 42.4. The lowest BCUT2D eigenvalue weighted by molar-refractivity contribution is -0.385. The zero-order chi connectivity index (χ0) is 24.2. The van der Waals surface area contributed by atoms with E-state index in [0.717, 1.165) is 6.07 Å². The summed E-state index contributed by atoms with van der Waals surface area (Å²) in [7, 11) is 0. The quantitative estimate of drug-likeness (QED) is 0.263. The first kappa shape index (κ1) is 20.5. The van der Waals surface area contributed by atoms with Gasteiger partial charge in [-0.1, -0.05) is 6.92 Å². The van der Waals surface area contributed by atoms with Gasteiger partial charge in [0.1, 0.15) is 6.61 Å². The Bertz CT molecular complexity index is 1550. The lowest BCUT2D eigenvalue weighted by atomic mass is 9.86. The molecule has 3 aromatic rings. The zero-order valence-electron chi connectivity index (χ0n) is 17.3. The Morgan fingerprint density at radius 2 is 2.03 bits per heavy atom. The van der Waals surface area contributed by atoms with Gasteiger partial charge in [0.05, 0.1) is 39.3 Å². The van der Waals surface area contributed by atoms with Crippen LogP contribution in [0.5, 0.6) is 11.5 Å². The number of aromatic nitrogens is 2. The molecule has 0 saturated heterocycles. The summed E-state index contributed by atoms with van der Waals surface area (Å²) in [5.41, 5.74) is -2.12. The van der Waals surface area contributed by atoms with E-state index in [1.165, 1.54) is 16.7 Å². The summed E-state index contributed by atoms with van der Waals surface area (Å²) in [6.07, 6.45) is -4.10. The first-order valence-electron chi connectivity index (χ1n) is 10.1. The molecule has 1 aromatic carbocycles. The van der Waals surface area contributed by atoms with E-state index in [1.54, 1.807) is 6.92 Å². The van der Waals surface area contributed by atoms with Crippen LogP contribution in [0, 0.1) is 10.1 Å². The number of alkyl halides is 2. The highest BCUT2D eigenvalue weighted by Gasteiger charge is 2.49. The van der Waals surface area contributed by atoms with Crippen molar-refractivity contribution in [2.75, 3.05) is 0 Å². The Hall–Kier alpha value is -4.13. The number of nitrogens with zero attached hydrogens (tertiary/aromatic N) is 3. The Morgan fingerprint density at radius 3 is 2.74 bits per heavy atom. The molecule has 5 heterocycles. The molecule has 0 fully saturated rings. The third-order valence-corrected chi connectivity index (χ3v) is 6.34. The molecule has 0 amide bonds. The van der Waals surface area contributed by atoms with E-state index < -0.39 is 45.5 Å². The predicted octanol–water partition coefficient (Wildman–Crippen LogP) is 2.31. The molecule has 2 aromatic heterocycles. The third-order valence-electron chi connectivity index (χ3n) is 6.34. The maximum Gasteiger partial charge on any atom is 0.586 e. The number of esters is 1. The van der Waals surface area contributed by atoms with Crippen LogP contribution in [0.1, 0.15) is 30.0 Å². The van der Waals surface area contributed by atoms with Crippen LogP contribution in [0.4, 0.5) is 14.5 Å². The number of rotatable bonds is 2. The third kappa shape index (κ3) is 2.49. The summed E-state index contributed by atoms with van der Waals surface area (Å²) in [6, 6.07) is 3.95. The normalized spacial score (nSPS) is 21.1. The molecule has 1 atom stereocenters. The van der Waals surface area contributed by atoms with E-state index in [1.807, 2.05) is 0 Å². The van der Waals surface area contributed by atoms with Crippen molar-refractivity contribution in [3.63, 3.8) is 0 Å². The minimum absolute atomic E-state index is 0.0139. The molecule has 3 aliphatic heterocycles. The number of hydrogen-bond acceptors (Lipinski definition) is 9. The van der Waals surface area contributed by atoms with Crippen LogP contribution in [0.3, 0.4) is 0 Å². The zero-order valence-corrected chi connectivity index (χ0v) is 17.3. The van der Waals surface area contributed by atoms with E-state index >= 15 is 0 Å². The van der Waals surface area contributed by atoms with Gasteiger partial charge in [0.2, 0.25) is 0 Å². The van der Waals surface area contributed by atoms with E-state index in [4.69, 9.17) is 4.74 Å².